The van der Waals surface area contributed by atoms with E-state index in [4.69, 9.17) is 4.74 Å². The van der Waals surface area contributed by atoms with Crippen LogP contribution in [0, 0.1) is 13.8 Å². The highest BCUT2D eigenvalue weighted by molar-refractivity contribution is 5.78. The number of carbonyl (C=O) groups is 1. The second-order valence-electron chi connectivity index (χ2n) is 5.20. The highest BCUT2D eigenvalue weighted by Gasteiger charge is 2.23. The van der Waals surface area contributed by atoms with Gasteiger partial charge in [-0.2, -0.15) is 0 Å². The summed E-state index contributed by atoms with van der Waals surface area (Å²) in [5, 5.41) is 3.27. The predicted molar refractivity (Wildman–Crippen MR) is 75.5 cm³/mol. The van der Waals surface area contributed by atoms with E-state index in [0.29, 0.717) is 0 Å². The van der Waals surface area contributed by atoms with Crippen LogP contribution < -0.4 is 10.1 Å². The molecule has 1 atom stereocenters. The smallest absolute Gasteiger partial charge is 0.260 e. The van der Waals surface area contributed by atoms with E-state index in [1.807, 2.05) is 30.9 Å². The maximum Gasteiger partial charge on any atom is 0.260 e. The first-order valence-electron chi connectivity index (χ1n) is 6.78. The van der Waals surface area contributed by atoms with Gasteiger partial charge in [0.05, 0.1) is 0 Å². The zero-order valence-corrected chi connectivity index (χ0v) is 11.9. The predicted octanol–water partition coefficient (Wildman–Crippen LogP) is 1.50. The summed E-state index contributed by atoms with van der Waals surface area (Å²) in [6, 6.07) is 6.23. The molecule has 0 saturated carbocycles. The fourth-order valence-electron chi connectivity index (χ4n) is 2.40. The number of ether oxygens (including phenoxy) is 1. The molecule has 104 valence electrons. The molecular formula is C15H22N2O2. The van der Waals surface area contributed by atoms with Gasteiger partial charge < -0.3 is 15.0 Å². The van der Waals surface area contributed by atoms with Gasteiger partial charge in [-0.05, 0) is 32.4 Å². The lowest BCUT2D eigenvalue weighted by Crippen LogP contribution is -2.53. The number of carbonyl (C=O) groups excluding carboxylic acids is 1. The average Bonchev–Trinajstić information content (AvgIpc) is 2.38. The second-order valence-corrected chi connectivity index (χ2v) is 5.20. The summed E-state index contributed by atoms with van der Waals surface area (Å²) in [4.78, 5) is 14.0. The Kier molecular flexibility index (Phi) is 4.43. The number of hydrogen-bond donors (Lipinski definition) is 1. The third-order valence-corrected chi connectivity index (χ3v) is 3.50. The summed E-state index contributed by atoms with van der Waals surface area (Å²) in [5.74, 6) is 0.857. The first kappa shape index (κ1) is 13.9. The number of piperazine rings is 1. The van der Waals surface area contributed by atoms with E-state index in [-0.39, 0.29) is 18.6 Å². The quantitative estimate of drug-likeness (QED) is 0.897. The Morgan fingerprint density at radius 3 is 2.95 bits per heavy atom. The Bertz CT molecular complexity index is 459. The first-order chi connectivity index (χ1) is 9.08. The highest BCUT2D eigenvalue weighted by Crippen LogP contribution is 2.18. The lowest BCUT2D eigenvalue weighted by Gasteiger charge is -2.33. The van der Waals surface area contributed by atoms with Crippen LogP contribution in [0.5, 0.6) is 5.75 Å². The molecule has 1 aliphatic heterocycles. The number of rotatable bonds is 3. The van der Waals surface area contributed by atoms with Crippen molar-refractivity contribution >= 4 is 5.91 Å². The molecule has 1 N–H and O–H groups in total. The van der Waals surface area contributed by atoms with E-state index in [1.165, 1.54) is 5.56 Å². The van der Waals surface area contributed by atoms with Gasteiger partial charge in [0.2, 0.25) is 0 Å². The molecule has 0 bridgehead atoms. The lowest BCUT2D eigenvalue weighted by atomic mass is 10.1. The first-order valence-corrected chi connectivity index (χ1v) is 6.78. The molecule has 19 heavy (non-hydrogen) atoms. The van der Waals surface area contributed by atoms with Gasteiger partial charge in [-0.15, -0.1) is 0 Å². The molecule has 0 aromatic heterocycles. The fourth-order valence-corrected chi connectivity index (χ4v) is 2.40. The average molecular weight is 262 g/mol. The summed E-state index contributed by atoms with van der Waals surface area (Å²) in [7, 11) is 0. The Labute approximate surface area is 114 Å². The van der Waals surface area contributed by atoms with Gasteiger partial charge in [-0.1, -0.05) is 17.7 Å². The van der Waals surface area contributed by atoms with Crippen molar-refractivity contribution in [3.05, 3.63) is 29.3 Å². The molecule has 1 unspecified atom stereocenters. The molecule has 1 saturated heterocycles. The van der Waals surface area contributed by atoms with E-state index in [9.17, 15) is 4.79 Å². The zero-order valence-electron chi connectivity index (χ0n) is 11.9. The SMILES string of the molecule is Cc1ccc(OCC(=O)N2CCNCC2C)c(C)c1. The van der Waals surface area contributed by atoms with E-state index >= 15 is 0 Å². The molecule has 0 radical (unpaired) electrons. The summed E-state index contributed by atoms with van der Waals surface area (Å²) in [6.07, 6.45) is 0. The molecule has 1 fully saturated rings. The van der Waals surface area contributed by atoms with Crippen LogP contribution in [0.25, 0.3) is 0 Å². The van der Waals surface area contributed by atoms with Gasteiger partial charge >= 0.3 is 0 Å². The number of benzene rings is 1. The second kappa shape index (κ2) is 6.06. The summed E-state index contributed by atoms with van der Waals surface area (Å²) in [6.45, 7) is 8.70. The van der Waals surface area contributed by atoms with Gasteiger partial charge in [0.25, 0.3) is 5.91 Å². The van der Waals surface area contributed by atoms with Crippen LogP contribution in [0.4, 0.5) is 0 Å². The molecule has 1 heterocycles. The molecule has 4 heteroatoms. The monoisotopic (exact) mass is 262 g/mol. The Balaban J connectivity index is 1.92. The van der Waals surface area contributed by atoms with Gasteiger partial charge in [0.1, 0.15) is 5.75 Å². The number of aryl methyl sites for hydroxylation is 2. The van der Waals surface area contributed by atoms with E-state index in [0.717, 1.165) is 30.9 Å². The third kappa shape index (κ3) is 3.47. The molecule has 0 aliphatic carbocycles. The molecule has 1 aliphatic rings. The lowest BCUT2D eigenvalue weighted by molar-refractivity contribution is -0.136. The number of nitrogens with one attached hydrogen (secondary N) is 1. The van der Waals surface area contributed by atoms with Crippen molar-refractivity contribution < 1.29 is 9.53 Å². The zero-order chi connectivity index (χ0) is 13.8. The Morgan fingerprint density at radius 1 is 1.47 bits per heavy atom. The van der Waals surface area contributed by atoms with Gasteiger partial charge in [0, 0.05) is 25.7 Å². The molecule has 1 aromatic carbocycles. The van der Waals surface area contributed by atoms with Crippen molar-refractivity contribution in [1.82, 2.24) is 10.2 Å². The molecular weight excluding hydrogens is 240 g/mol. The van der Waals surface area contributed by atoms with E-state index in [1.54, 1.807) is 0 Å². The van der Waals surface area contributed by atoms with E-state index < -0.39 is 0 Å². The fraction of sp³-hybridized carbons (Fsp3) is 0.533. The Hall–Kier alpha value is -1.55. The van der Waals surface area contributed by atoms with E-state index in [2.05, 4.69) is 18.3 Å². The van der Waals surface area contributed by atoms with Crippen LogP contribution in [-0.4, -0.2) is 43.1 Å². The molecule has 4 nitrogen and oxygen atoms in total. The largest absolute Gasteiger partial charge is 0.484 e. The van der Waals surface area contributed by atoms with Crippen LogP contribution in [0.2, 0.25) is 0 Å². The summed E-state index contributed by atoms with van der Waals surface area (Å²) >= 11 is 0. The van der Waals surface area contributed by atoms with Crippen molar-refractivity contribution in [1.29, 1.82) is 0 Å². The van der Waals surface area contributed by atoms with Crippen molar-refractivity contribution in [3.8, 4) is 5.75 Å². The van der Waals surface area contributed by atoms with Crippen LogP contribution >= 0.6 is 0 Å². The minimum Gasteiger partial charge on any atom is -0.484 e. The topological polar surface area (TPSA) is 41.6 Å². The maximum absolute atomic E-state index is 12.1. The maximum atomic E-state index is 12.1. The van der Waals surface area contributed by atoms with Crippen molar-refractivity contribution in [2.45, 2.75) is 26.8 Å². The molecule has 1 amide bonds. The number of amides is 1. The number of hydrogen-bond acceptors (Lipinski definition) is 3. The van der Waals surface area contributed by atoms with Gasteiger partial charge in [-0.3, -0.25) is 4.79 Å². The van der Waals surface area contributed by atoms with Crippen LogP contribution in [0.1, 0.15) is 18.1 Å². The molecule has 0 spiro atoms. The normalized spacial score (nSPS) is 19.3. The van der Waals surface area contributed by atoms with Crippen molar-refractivity contribution in [3.63, 3.8) is 0 Å². The number of nitrogens with zero attached hydrogens (tertiary/aromatic N) is 1. The van der Waals surface area contributed by atoms with Crippen LogP contribution in [0.3, 0.4) is 0 Å². The summed E-state index contributed by atoms with van der Waals surface area (Å²) in [5.41, 5.74) is 2.27. The van der Waals surface area contributed by atoms with Crippen molar-refractivity contribution in [2.75, 3.05) is 26.2 Å². The minimum atomic E-state index is 0.0639. The standard InChI is InChI=1S/C15H22N2O2/c1-11-4-5-14(12(2)8-11)19-10-15(18)17-7-6-16-9-13(17)3/h4-5,8,13,16H,6-7,9-10H2,1-3H3. The molecule has 1 aromatic rings. The summed E-state index contributed by atoms with van der Waals surface area (Å²) < 4.78 is 5.64. The Morgan fingerprint density at radius 2 is 2.26 bits per heavy atom. The van der Waals surface area contributed by atoms with Crippen LogP contribution in [-0.2, 0) is 4.79 Å². The third-order valence-electron chi connectivity index (χ3n) is 3.50. The van der Waals surface area contributed by atoms with Crippen molar-refractivity contribution in [2.24, 2.45) is 0 Å². The van der Waals surface area contributed by atoms with Gasteiger partial charge in [-0.25, -0.2) is 0 Å². The minimum absolute atomic E-state index is 0.0639. The van der Waals surface area contributed by atoms with Crippen LogP contribution in [0.15, 0.2) is 18.2 Å². The molecule has 2 rings (SSSR count). The van der Waals surface area contributed by atoms with Gasteiger partial charge in [0.15, 0.2) is 6.61 Å². The highest BCUT2D eigenvalue weighted by atomic mass is 16.5.